The maximum atomic E-state index is 13.9. The van der Waals surface area contributed by atoms with Crippen LogP contribution in [-0.2, 0) is 10.8 Å². The summed E-state index contributed by atoms with van der Waals surface area (Å²) in [6, 6.07) is 80.7. The fourth-order valence-electron chi connectivity index (χ4n) is 10.4. The predicted molar refractivity (Wildman–Crippen MR) is 251 cm³/mol. The first kappa shape index (κ1) is 36.5. The summed E-state index contributed by atoms with van der Waals surface area (Å²) >= 11 is 0. The molecule has 1 heterocycles. The fourth-order valence-corrected chi connectivity index (χ4v) is 10.4. The van der Waals surface area contributed by atoms with E-state index in [0.29, 0.717) is 0 Å². The van der Waals surface area contributed by atoms with Gasteiger partial charge in [-0.25, -0.2) is 0 Å². The van der Waals surface area contributed by atoms with Crippen LogP contribution in [0.1, 0.15) is 63.1 Å². The van der Waals surface area contributed by atoms with Gasteiger partial charge in [0.05, 0.1) is 16.8 Å². The van der Waals surface area contributed by atoms with Crippen molar-refractivity contribution in [1.82, 2.24) is 0 Å². The van der Waals surface area contributed by atoms with Crippen molar-refractivity contribution in [1.29, 1.82) is 0 Å². The van der Waals surface area contributed by atoms with Gasteiger partial charge in [-0.2, -0.15) is 0 Å². The summed E-state index contributed by atoms with van der Waals surface area (Å²) < 4.78 is 0. The lowest BCUT2D eigenvalue weighted by Crippen LogP contribution is -2.37. The largest absolute Gasteiger partial charge is 0.310 e. The Labute approximate surface area is 358 Å². The molecule has 1 aliphatic carbocycles. The Balaban J connectivity index is 1.12. The van der Waals surface area contributed by atoms with Gasteiger partial charge in [0.15, 0.2) is 5.78 Å². The summed E-state index contributed by atoms with van der Waals surface area (Å²) in [4.78, 5) is 16.3. The molecule has 0 saturated heterocycles. The Kier molecular flexibility index (Phi) is 8.58. The summed E-state index contributed by atoms with van der Waals surface area (Å²) in [6.45, 7) is 4.49. The van der Waals surface area contributed by atoms with Gasteiger partial charge in [0.2, 0.25) is 0 Å². The highest BCUT2D eigenvalue weighted by molar-refractivity contribution is 6.14. The Morgan fingerprint density at radius 1 is 0.361 bits per heavy atom. The molecule has 0 saturated carbocycles. The Hall–Kier alpha value is -7.55. The van der Waals surface area contributed by atoms with E-state index in [1.54, 1.807) is 0 Å². The van der Waals surface area contributed by atoms with Gasteiger partial charge in [0.1, 0.15) is 0 Å². The Morgan fingerprint density at radius 2 is 0.869 bits per heavy atom. The van der Waals surface area contributed by atoms with E-state index in [9.17, 15) is 4.79 Å². The molecule has 2 aliphatic rings. The number of ketones is 1. The second kappa shape index (κ2) is 14.3. The summed E-state index contributed by atoms with van der Waals surface area (Å²) in [7, 11) is 0. The normalized spacial score (nSPS) is 14.3. The smallest absolute Gasteiger partial charge is 0.193 e. The molecule has 0 N–H and O–H groups in total. The van der Waals surface area contributed by atoms with Crippen LogP contribution in [0.5, 0.6) is 0 Å². The number of hydrogen-bond acceptors (Lipinski definition) is 2. The summed E-state index contributed by atoms with van der Waals surface area (Å²) in [6.07, 6.45) is 0. The van der Waals surface area contributed by atoms with Crippen molar-refractivity contribution in [2.75, 3.05) is 4.90 Å². The standard InChI is InChI=1S/C59H43NO/c1-58(2)51-29-16-15-26-49(51)57(61)50-28-17-27-48(56(50)58)42-32-30-41(31-33-42)43-35-37-54-53(38-43)59(45-20-9-4-10-21-45,46-22-11-5-12-23-46)52-36-34-44(40-18-7-3-8-19-40)39-55(52)60(54)47-24-13-6-14-25-47/h3-39H,1-2H3. The molecule has 290 valence electrons. The second-order valence-electron chi connectivity index (χ2n) is 16.8. The van der Waals surface area contributed by atoms with Crippen LogP contribution in [0.4, 0.5) is 17.1 Å². The van der Waals surface area contributed by atoms with E-state index in [4.69, 9.17) is 0 Å². The molecule has 0 atom stereocenters. The zero-order valence-electron chi connectivity index (χ0n) is 34.2. The number of benzene rings is 9. The van der Waals surface area contributed by atoms with Crippen molar-refractivity contribution in [3.05, 3.63) is 269 Å². The molecule has 2 heteroatoms. The van der Waals surface area contributed by atoms with Crippen molar-refractivity contribution in [2.24, 2.45) is 0 Å². The second-order valence-corrected chi connectivity index (χ2v) is 16.8. The molecule has 0 amide bonds. The highest BCUT2D eigenvalue weighted by Gasteiger charge is 2.47. The van der Waals surface area contributed by atoms with E-state index < -0.39 is 5.41 Å². The maximum absolute atomic E-state index is 13.9. The van der Waals surface area contributed by atoms with Crippen LogP contribution in [0.15, 0.2) is 224 Å². The van der Waals surface area contributed by atoms with Gasteiger partial charge in [0, 0.05) is 22.2 Å². The zero-order chi connectivity index (χ0) is 41.1. The van der Waals surface area contributed by atoms with Crippen molar-refractivity contribution < 1.29 is 4.79 Å². The molecular weight excluding hydrogens is 739 g/mol. The lowest BCUT2D eigenvalue weighted by atomic mass is 9.62. The van der Waals surface area contributed by atoms with Crippen molar-refractivity contribution >= 4 is 22.8 Å². The third-order valence-corrected chi connectivity index (χ3v) is 13.1. The van der Waals surface area contributed by atoms with Crippen molar-refractivity contribution in [3.63, 3.8) is 0 Å². The number of para-hydroxylation sites is 1. The topological polar surface area (TPSA) is 20.3 Å². The summed E-state index contributed by atoms with van der Waals surface area (Å²) in [5.74, 6) is 0.0974. The number of rotatable bonds is 6. The monoisotopic (exact) mass is 781 g/mol. The molecule has 0 spiro atoms. The van der Waals surface area contributed by atoms with Gasteiger partial charge in [-0.1, -0.05) is 208 Å². The number of carbonyl (C=O) groups is 1. The zero-order valence-corrected chi connectivity index (χ0v) is 34.2. The third kappa shape index (κ3) is 5.67. The number of nitrogens with zero attached hydrogens (tertiary/aromatic N) is 1. The number of fused-ring (bicyclic) bond motifs is 4. The van der Waals surface area contributed by atoms with E-state index in [1.807, 2.05) is 30.3 Å². The molecule has 0 radical (unpaired) electrons. The van der Waals surface area contributed by atoms with E-state index in [-0.39, 0.29) is 11.2 Å². The van der Waals surface area contributed by atoms with Crippen molar-refractivity contribution in [3.8, 4) is 33.4 Å². The molecule has 0 aromatic heterocycles. The Morgan fingerprint density at radius 3 is 1.56 bits per heavy atom. The van der Waals surface area contributed by atoms with E-state index in [0.717, 1.165) is 61.6 Å². The quantitative estimate of drug-likeness (QED) is 0.167. The minimum absolute atomic E-state index is 0.0974. The van der Waals surface area contributed by atoms with E-state index >= 15 is 0 Å². The van der Waals surface area contributed by atoms with E-state index in [1.165, 1.54) is 33.4 Å². The molecule has 0 fully saturated rings. The van der Waals surface area contributed by atoms with Gasteiger partial charge in [-0.3, -0.25) is 4.79 Å². The number of anilines is 3. The minimum atomic E-state index is -0.638. The molecule has 9 aromatic carbocycles. The average Bonchev–Trinajstić information content (AvgIpc) is 3.33. The van der Waals surface area contributed by atoms with Crippen LogP contribution in [0.3, 0.4) is 0 Å². The molecule has 0 bridgehead atoms. The molecule has 61 heavy (non-hydrogen) atoms. The average molecular weight is 782 g/mol. The summed E-state index contributed by atoms with van der Waals surface area (Å²) in [5, 5.41) is 0. The molecule has 0 unspecified atom stereocenters. The van der Waals surface area contributed by atoms with Gasteiger partial charge in [0.25, 0.3) is 0 Å². The first-order valence-corrected chi connectivity index (χ1v) is 21.1. The Bertz CT molecular complexity index is 3060. The molecule has 2 nitrogen and oxygen atoms in total. The van der Waals surface area contributed by atoms with Crippen LogP contribution in [-0.4, -0.2) is 5.78 Å². The number of hydrogen-bond donors (Lipinski definition) is 0. The van der Waals surface area contributed by atoms with Crippen LogP contribution in [0, 0.1) is 0 Å². The van der Waals surface area contributed by atoms with Crippen molar-refractivity contribution in [2.45, 2.75) is 24.7 Å². The highest BCUT2D eigenvalue weighted by Crippen LogP contribution is 2.59. The maximum Gasteiger partial charge on any atom is 0.193 e. The minimum Gasteiger partial charge on any atom is -0.310 e. The lowest BCUT2D eigenvalue weighted by molar-refractivity contribution is 0.103. The molecule has 9 aromatic rings. The van der Waals surface area contributed by atoms with Crippen LogP contribution in [0.25, 0.3) is 33.4 Å². The SMILES string of the molecule is CC1(C)c2ccccc2C(=O)c2cccc(-c3ccc(-c4ccc5c(c4)C(c4ccccc4)(c4ccccc4)c4ccc(-c6ccccc6)cc4N5c4ccccc4)cc3)c21. The van der Waals surface area contributed by atoms with Gasteiger partial charge >= 0.3 is 0 Å². The van der Waals surface area contributed by atoms with Gasteiger partial charge in [-0.15, -0.1) is 0 Å². The van der Waals surface area contributed by atoms with Crippen LogP contribution < -0.4 is 4.90 Å². The number of carbonyl (C=O) groups excluding carboxylic acids is 1. The highest BCUT2D eigenvalue weighted by atomic mass is 16.1. The first-order valence-electron chi connectivity index (χ1n) is 21.1. The first-order chi connectivity index (χ1) is 29.9. The lowest BCUT2D eigenvalue weighted by Gasteiger charge is -2.47. The third-order valence-electron chi connectivity index (χ3n) is 13.1. The predicted octanol–water partition coefficient (Wildman–Crippen LogP) is 14.7. The van der Waals surface area contributed by atoms with Crippen LogP contribution >= 0.6 is 0 Å². The molecule has 11 rings (SSSR count). The van der Waals surface area contributed by atoms with Gasteiger partial charge in [-0.05, 0) is 97.1 Å². The fraction of sp³-hybridized carbons (Fsp3) is 0.0678. The molecule has 1 aliphatic heterocycles. The summed E-state index contributed by atoms with van der Waals surface area (Å²) in [5.41, 5.74) is 17.9. The molecular formula is C59H43NO. The van der Waals surface area contributed by atoms with E-state index in [2.05, 4.69) is 213 Å². The van der Waals surface area contributed by atoms with Gasteiger partial charge < -0.3 is 4.90 Å². The van der Waals surface area contributed by atoms with Crippen LogP contribution in [0.2, 0.25) is 0 Å².